The predicted octanol–water partition coefficient (Wildman–Crippen LogP) is 4.84. The molecule has 0 aromatic carbocycles. The fraction of sp³-hybridized carbons (Fsp3) is 0.905. The second-order valence-corrected chi connectivity index (χ2v) is 11.4. The number of esters is 1. The minimum atomic E-state index is -6.49. The lowest BCUT2D eigenvalue weighted by Gasteiger charge is -2.35. The molecule has 4 aliphatic carbocycles. The standard InChI is InChI=1S/C21H27F7O9S/c1-2-34-15(29)19(20(24,25)26,35-6-4-3-5-18(22,23)21(27,28)38(31,32)33)37-16(30)36-17-10-12-7-13(11-17)9-14(17)8-12/h12-14H,2-11H2,1H3,(H,31,32,33). The van der Waals surface area contributed by atoms with Gasteiger partial charge in [-0.3, -0.25) is 4.55 Å². The second kappa shape index (κ2) is 10.3. The third kappa shape index (κ3) is 5.55. The average Bonchev–Trinajstić information content (AvgIpc) is 3.13. The van der Waals surface area contributed by atoms with Crippen molar-refractivity contribution >= 4 is 22.2 Å². The van der Waals surface area contributed by atoms with E-state index in [4.69, 9.17) is 9.29 Å². The first-order valence-electron chi connectivity index (χ1n) is 11.8. The van der Waals surface area contributed by atoms with Crippen LogP contribution in [0, 0.1) is 17.8 Å². The number of rotatable bonds is 12. The monoisotopic (exact) mass is 588 g/mol. The molecule has 0 radical (unpaired) electrons. The van der Waals surface area contributed by atoms with E-state index in [0.29, 0.717) is 12.8 Å². The SMILES string of the molecule is CCOC(=O)C(OCCCCC(F)(F)C(F)(F)S(=O)(=O)O)(OC(=O)OC12CC3CC(CC1C3)C2)C(F)(F)F. The van der Waals surface area contributed by atoms with E-state index in [1.807, 2.05) is 0 Å². The predicted molar refractivity (Wildman–Crippen MR) is 111 cm³/mol. The number of ether oxygens (including phenoxy) is 4. The van der Waals surface area contributed by atoms with Crippen LogP contribution in [-0.4, -0.2) is 67.1 Å². The van der Waals surface area contributed by atoms with Crippen LogP contribution >= 0.6 is 0 Å². The molecule has 3 unspecified atom stereocenters. The lowest BCUT2D eigenvalue weighted by atomic mass is 9.81. The summed E-state index contributed by atoms with van der Waals surface area (Å²) in [6.45, 7) is -0.663. The Kier molecular flexibility index (Phi) is 8.28. The van der Waals surface area contributed by atoms with E-state index in [1.165, 1.54) is 0 Å². The summed E-state index contributed by atoms with van der Waals surface area (Å²) in [5.74, 6) is -11.4. The van der Waals surface area contributed by atoms with Gasteiger partial charge in [-0.2, -0.15) is 39.2 Å². The van der Waals surface area contributed by atoms with E-state index in [9.17, 15) is 48.7 Å². The highest BCUT2D eigenvalue weighted by molar-refractivity contribution is 7.87. The molecule has 38 heavy (non-hydrogen) atoms. The quantitative estimate of drug-likeness (QED) is 0.112. The zero-order valence-corrected chi connectivity index (χ0v) is 20.9. The van der Waals surface area contributed by atoms with Crippen molar-refractivity contribution in [3.8, 4) is 0 Å². The summed E-state index contributed by atoms with van der Waals surface area (Å²) in [4.78, 5) is 24.9. The van der Waals surface area contributed by atoms with Crippen molar-refractivity contribution in [2.24, 2.45) is 17.8 Å². The summed E-state index contributed by atoms with van der Waals surface area (Å²) in [5.41, 5.74) is -1.03. The van der Waals surface area contributed by atoms with E-state index >= 15 is 0 Å². The van der Waals surface area contributed by atoms with E-state index in [0.717, 1.165) is 26.2 Å². The maximum atomic E-state index is 14.1. The summed E-state index contributed by atoms with van der Waals surface area (Å²) in [5, 5.41) is -5.85. The van der Waals surface area contributed by atoms with E-state index in [1.54, 1.807) is 0 Å². The van der Waals surface area contributed by atoms with Crippen LogP contribution in [0.5, 0.6) is 0 Å². The van der Waals surface area contributed by atoms with Crippen molar-refractivity contribution in [2.45, 2.75) is 87.0 Å². The summed E-state index contributed by atoms with van der Waals surface area (Å²) in [7, 11) is -6.49. The Labute approximate surface area is 213 Å². The first-order chi connectivity index (χ1) is 17.3. The molecule has 0 amide bonds. The van der Waals surface area contributed by atoms with Crippen LogP contribution in [0.1, 0.15) is 58.3 Å². The van der Waals surface area contributed by atoms with Crippen molar-refractivity contribution in [3.63, 3.8) is 0 Å². The zero-order chi connectivity index (χ0) is 28.8. The highest BCUT2D eigenvalue weighted by atomic mass is 32.2. The molecule has 4 bridgehead atoms. The van der Waals surface area contributed by atoms with Gasteiger partial charge in [0.1, 0.15) is 5.60 Å². The van der Waals surface area contributed by atoms with Gasteiger partial charge >= 0.3 is 45.4 Å². The first-order valence-corrected chi connectivity index (χ1v) is 13.3. The minimum Gasteiger partial charge on any atom is -0.461 e. The summed E-state index contributed by atoms with van der Waals surface area (Å²) in [6.07, 6.45) is -8.06. The summed E-state index contributed by atoms with van der Waals surface area (Å²) in [6, 6.07) is 0. The van der Waals surface area contributed by atoms with Crippen LogP contribution < -0.4 is 0 Å². The molecule has 17 heteroatoms. The van der Waals surface area contributed by atoms with Gasteiger partial charge in [-0.15, -0.1) is 0 Å². The largest absolute Gasteiger partial charge is 0.512 e. The average molecular weight is 588 g/mol. The van der Waals surface area contributed by atoms with Crippen LogP contribution in [0.4, 0.5) is 35.5 Å². The van der Waals surface area contributed by atoms with Crippen LogP contribution in [0.15, 0.2) is 0 Å². The molecule has 0 saturated heterocycles. The van der Waals surface area contributed by atoms with Crippen molar-refractivity contribution in [1.82, 2.24) is 0 Å². The summed E-state index contributed by atoms with van der Waals surface area (Å²) < 4.78 is 144. The van der Waals surface area contributed by atoms with Crippen molar-refractivity contribution in [1.29, 1.82) is 0 Å². The Balaban J connectivity index is 1.69. The van der Waals surface area contributed by atoms with E-state index in [-0.39, 0.29) is 17.8 Å². The topological polar surface area (TPSA) is 125 Å². The number of hydrogen-bond donors (Lipinski definition) is 1. The normalized spacial score (nSPS) is 28.7. The molecular weight excluding hydrogens is 561 g/mol. The fourth-order valence-electron chi connectivity index (χ4n) is 5.80. The maximum Gasteiger partial charge on any atom is 0.512 e. The molecule has 9 nitrogen and oxygen atoms in total. The van der Waals surface area contributed by atoms with Gasteiger partial charge in [-0.1, -0.05) is 0 Å². The van der Waals surface area contributed by atoms with Gasteiger partial charge in [-0.25, -0.2) is 9.59 Å². The molecule has 220 valence electrons. The number of carbonyl (C=O) groups excluding carboxylic acids is 2. The number of unbranched alkanes of at least 4 members (excludes halogenated alkanes) is 1. The Bertz CT molecular complexity index is 1000. The van der Waals surface area contributed by atoms with Gasteiger partial charge < -0.3 is 18.9 Å². The highest BCUT2D eigenvalue weighted by Gasteiger charge is 2.69. The lowest BCUT2D eigenvalue weighted by molar-refractivity contribution is -0.355. The summed E-state index contributed by atoms with van der Waals surface area (Å²) >= 11 is 0. The van der Waals surface area contributed by atoms with E-state index in [2.05, 4.69) is 14.2 Å². The number of carbonyl (C=O) groups is 2. The smallest absolute Gasteiger partial charge is 0.461 e. The zero-order valence-electron chi connectivity index (χ0n) is 20.1. The Hall–Kier alpha value is -1.88. The molecule has 4 fully saturated rings. The first kappa shape index (κ1) is 30.7. The van der Waals surface area contributed by atoms with Crippen LogP contribution in [-0.2, 0) is 33.9 Å². The number of halogens is 7. The highest BCUT2D eigenvalue weighted by Crippen LogP contribution is 2.62. The Morgan fingerprint density at radius 3 is 2.05 bits per heavy atom. The van der Waals surface area contributed by atoms with Gasteiger partial charge in [0.15, 0.2) is 0 Å². The van der Waals surface area contributed by atoms with Gasteiger partial charge in [0.05, 0.1) is 13.2 Å². The second-order valence-electron chi connectivity index (χ2n) is 9.90. The van der Waals surface area contributed by atoms with Crippen LogP contribution in [0.3, 0.4) is 0 Å². The third-order valence-corrected chi connectivity index (χ3v) is 8.23. The minimum absolute atomic E-state index is 0.0647. The third-order valence-electron chi connectivity index (χ3n) is 7.29. The molecular formula is C21H27F7O9S. The number of hydrogen-bond acceptors (Lipinski definition) is 8. The molecule has 0 heterocycles. The van der Waals surface area contributed by atoms with Crippen LogP contribution in [0.25, 0.3) is 0 Å². The van der Waals surface area contributed by atoms with Gasteiger partial charge in [0.2, 0.25) is 0 Å². The number of alkyl halides is 7. The van der Waals surface area contributed by atoms with Crippen molar-refractivity contribution in [3.05, 3.63) is 0 Å². The fourth-order valence-corrected chi connectivity index (χ4v) is 6.28. The molecule has 1 N–H and O–H groups in total. The maximum absolute atomic E-state index is 14.1. The Morgan fingerprint density at radius 2 is 1.55 bits per heavy atom. The van der Waals surface area contributed by atoms with Crippen LogP contribution in [0.2, 0.25) is 0 Å². The van der Waals surface area contributed by atoms with Crippen molar-refractivity contribution in [2.75, 3.05) is 13.2 Å². The van der Waals surface area contributed by atoms with E-state index < -0.39 is 83.5 Å². The molecule has 4 rings (SSSR count). The molecule has 0 aliphatic heterocycles. The molecule has 3 atom stereocenters. The van der Waals surface area contributed by atoms with Gasteiger partial charge in [0, 0.05) is 6.42 Å². The molecule has 0 aromatic rings. The molecule has 4 aliphatic rings. The molecule has 4 saturated carbocycles. The van der Waals surface area contributed by atoms with Gasteiger partial charge in [-0.05, 0) is 69.6 Å². The Morgan fingerprint density at radius 1 is 0.974 bits per heavy atom. The molecule has 0 aromatic heterocycles. The van der Waals surface area contributed by atoms with Gasteiger partial charge in [0.25, 0.3) is 0 Å². The lowest BCUT2D eigenvalue weighted by Crippen LogP contribution is -2.59. The molecule has 0 spiro atoms. The van der Waals surface area contributed by atoms with Crippen molar-refractivity contribution < 1.29 is 72.2 Å².